The molecule has 0 spiro atoms. The van der Waals surface area contributed by atoms with Crippen LogP contribution in [0.25, 0.3) is 6.08 Å². The van der Waals surface area contributed by atoms with Crippen LogP contribution in [0.4, 0.5) is 4.39 Å². The first-order valence-corrected chi connectivity index (χ1v) is 5.30. The number of hydrogen-bond acceptors (Lipinski definition) is 3. The van der Waals surface area contributed by atoms with E-state index >= 15 is 0 Å². The van der Waals surface area contributed by atoms with E-state index in [0.29, 0.717) is 11.4 Å². The number of hydrogen-bond donors (Lipinski definition) is 2. The monoisotopic (exact) mass is 246 g/mol. The van der Waals surface area contributed by atoms with Gasteiger partial charge < -0.3 is 5.32 Å². The maximum Gasteiger partial charge on any atom is 0.244 e. The molecule has 1 heterocycles. The van der Waals surface area contributed by atoms with Crippen LogP contribution in [-0.2, 0) is 11.3 Å². The Kier molecular flexibility index (Phi) is 3.80. The third-order valence-electron chi connectivity index (χ3n) is 2.21. The van der Waals surface area contributed by atoms with E-state index in [2.05, 4.69) is 20.5 Å². The van der Waals surface area contributed by atoms with Crippen molar-refractivity contribution in [2.75, 3.05) is 0 Å². The normalized spacial score (nSPS) is 10.7. The summed E-state index contributed by atoms with van der Waals surface area (Å²) < 4.78 is 13.2. The van der Waals surface area contributed by atoms with Crippen LogP contribution >= 0.6 is 0 Å². The molecule has 18 heavy (non-hydrogen) atoms. The molecule has 1 amide bonds. The lowest BCUT2D eigenvalue weighted by Gasteiger charge is -1.98. The Morgan fingerprint density at radius 1 is 1.44 bits per heavy atom. The van der Waals surface area contributed by atoms with Crippen molar-refractivity contribution in [2.24, 2.45) is 0 Å². The molecule has 1 aromatic carbocycles. The Morgan fingerprint density at radius 2 is 2.28 bits per heavy atom. The van der Waals surface area contributed by atoms with Gasteiger partial charge in [0.05, 0.1) is 6.54 Å². The number of nitrogens with zero attached hydrogens (tertiary/aromatic N) is 2. The highest BCUT2D eigenvalue weighted by atomic mass is 19.1. The number of rotatable bonds is 4. The van der Waals surface area contributed by atoms with Gasteiger partial charge in [-0.1, -0.05) is 18.2 Å². The largest absolute Gasteiger partial charge is 0.345 e. The molecule has 0 saturated heterocycles. The molecule has 2 rings (SSSR count). The molecule has 0 aliphatic heterocycles. The Bertz CT molecular complexity index is 551. The van der Waals surface area contributed by atoms with Crippen molar-refractivity contribution in [1.29, 1.82) is 0 Å². The van der Waals surface area contributed by atoms with Gasteiger partial charge in [-0.25, -0.2) is 9.37 Å². The van der Waals surface area contributed by atoms with E-state index in [1.807, 2.05) is 0 Å². The van der Waals surface area contributed by atoms with Gasteiger partial charge in [-0.3, -0.25) is 9.89 Å². The summed E-state index contributed by atoms with van der Waals surface area (Å²) in [4.78, 5) is 15.3. The molecule has 5 nitrogen and oxygen atoms in total. The molecule has 0 aliphatic rings. The van der Waals surface area contributed by atoms with Gasteiger partial charge in [-0.05, 0) is 12.1 Å². The fraction of sp³-hybridized carbons (Fsp3) is 0.0833. The number of halogens is 1. The van der Waals surface area contributed by atoms with Gasteiger partial charge in [0.1, 0.15) is 18.0 Å². The van der Waals surface area contributed by atoms with Crippen LogP contribution in [0.1, 0.15) is 11.4 Å². The summed E-state index contributed by atoms with van der Waals surface area (Å²) in [6.45, 7) is 0.250. The zero-order valence-corrected chi connectivity index (χ0v) is 9.43. The van der Waals surface area contributed by atoms with E-state index < -0.39 is 0 Å². The average Bonchev–Trinajstić information content (AvgIpc) is 2.88. The predicted octanol–water partition coefficient (Wildman–Crippen LogP) is 1.27. The lowest BCUT2D eigenvalue weighted by molar-refractivity contribution is -0.116. The second kappa shape index (κ2) is 5.72. The number of aromatic amines is 1. The van der Waals surface area contributed by atoms with E-state index in [4.69, 9.17) is 0 Å². The van der Waals surface area contributed by atoms with E-state index in [0.717, 1.165) is 0 Å². The number of benzene rings is 1. The summed E-state index contributed by atoms with van der Waals surface area (Å²) >= 11 is 0. The van der Waals surface area contributed by atoms with Crippen LogP contribution < -0.4 is 5.32 Å². The highest BCUT2D eigenvalue weighted by Gasteiger charge is 2.00. The quantitative estimate of drug-likeness (QED) is 0.798. The van der Waals surface area contributed by atoms with Crippen molar-refractivity contribution < 1.29 is 9.18 Å². The van der Waals surface area contributed by atoms with Crippen LogP contribution in [0.3, 0.4) is 0 Å². The van der Waals surface area contributed by atoms with Gasteiger partial charge in [0.2, 0.25) is 5.91 Å². The summed E-state index contributed by atoms with van der Waals surface area (Å²) in [6.07, 6.45) is 4.05. The lowest BCUT2D eigenvalue weighted by atomic mass is 10.2. The SMILES string of the molecule is O=C(/C=C/c1ccccc1F)NCc1ncn[nH]1. The summed E-state index contributed by atoms with van der Waals surface area (Å²) in [7, 11) is 0. The molecule has 92 valence electrons. The van der Waals surface area contributed by atoms with E-state index in [1.165, 1.54) is 24.5 Å². The Balaban J connectivity index is 1.89. The molecular weight excluding hydrogens is 235 g/mol. The first-order chi connectivity index (χ1) is 8.75. The summed E-state index contributed by atoms with van der Waals surface area (Å²) in [5.74, 6) is -0.130. The van der Waals surface area contributed by atoms with Crippen molar-refractivity contribution in [3.05, 3.63) is 53.9 Å². The topological polar surface area (TPSA) is 70.7 Å². The fourth-order valence-electron chi connectivity index (χ4n) is 1.32. The molecule has 6 heteroatoms. The molecule has 0 fully saturated rings. The van der Waals surface area contributed by atoms with Crippen molar-refractivity contribution in [3.8, 4) is 0 Å². The number of carbonyl (C=O) groups excluding carboxylic acids is 1. The predicted molar refractivity (Wildman–Crippen MR) is 63.7 cm³/mol. The van der Waals surface area contributed by atoms with Gasteiger partial charge in [-0.2, -0.15) is 5.10 Å². The Morgan fingerprint density at radius 3 is 3.00 bits per heavy atom. The number of nitrogens with one attached hydrogen (secondary N) is 2. The molecule has 0 radical (unpaired) electrons. The number of amides is 1. The molecule has 0 bridgehead atoms. The molecular formula is C12H11FN4O. The molecule has 0 unspecified atom stereocenters. The highest BCUT2D eigenvalue weighted by molar-refractivity contribution is 5.91. The minimum Gasteiger partial charge on any atom is -0.345 e. The standard InChI is InChI=1S/C12H11FN4O/c13-10-4-2-1-3-9(10)5-6-12(18)14-7-11-15-8-16-17-11/h1-6,8H,7H2,(H,14,18)(H,15,16,17)/b6-5+. The smallest absolute Gasteiger partial charge is 0.244 e. The van der Waals surface area contributed by atoms with Crippen molar-refractivity contribution in [1.82, 2.24) is 20.5 Å². The molecule has 2 N–H and O–H groups in total. The van der Waals surface area contributed by atoms with Gasteiger partial charge in [0, 0.05) is 11.6 Å². The van der Waals surface area contributed by atoms with Crippen LogP contribution in [0.5, 0.6) is 0 Å². The molecule has 0 saturated carbocycles. The Labute approximate surface area is 103 Å². The van der Waals surface area contributed by atoms with Crippen LogP contribution in [0.2, 0.25) is 0 Å². The number of carbonyl (C=O) groups is 1. The van der Waals surface area contributed by atoms with Crippen LogP contribution in [0.15, 0.2) is 36.7 Å². The Hall–Kier alpha value is -2.50. The van der Waals surface area contributed by atoms with Crippen LogP contribution in [-0.4, -0.2) is 21.1 Å². The van der Waals surface area contributed by atoms with Crippen LogP contribution in [0, 0.1) is 5.82 Å². The molecule has 2 aromatic rings. The third kappa shape index (κ3) is 3.24. The number of aromatic nitrogens is 3. The highest BCUT2D eigenvalue weighted by Crippen LogP contribution is 2.07. The van der Waals surface area contributed by atoms with Gasteiger partial charge in [0.25, 0.3) is 0 Å². The first-order valence-electron chi connectivity index (χ1n) is 5.30. The minimum atomic E-state index is -0.364. The average molecular weight is 246 g/mol. The van der Waals surface area contributed by atoms with Gasteiger partial charge in [0.15, 0.2) is 0 Å². The second-order valence-corrected chi connectivity index (χ2v) is 3.50. The maximum absolute atomic E-state index is 13.2. The van der Waals surface area contributed by atoms with Crippen molar-refractivity contribution in [3.63, 3.8) is 0 Å². The maximum atomic E-state index is 13.2. The second-order valence-electron chi connectivity index (χ2n) is 3.50. The van der Waals surface area contributed by atoms with E-state index in [1.54, 1.807) is 18.2 Å². The minimum absolute atomic E-state index is 0.250. The molecule has 1 aromatic heterocycles. The van der Waals surface area contributed by atoms with Crippen molar-refractivity contribution >= 4 is 12.0 Å². The van der Waals surface area contributed by atoms with E-state index in [-0.39, 0.29) is 18.3 Å². The summed E-state index contributed by atoms with van der Waals surface area (Å²) in [6, 6.07) is 6.23. The van der Waals surface area contributed by atoms with Crippen molar-refractivity contribution in [2.45, 2.75) is 6.54 Å². The van der Waals surface area contributed by atoms with Gasteiger partial charge >= 0.3 is 0 Å². The van der Waals surface area contributed by atoms with Gasteiger partial charge in [-0.15, -0.1) is 0 Å². The summed E-state index contributed by atoms with van der Waals surface area (Å²) in [5, 5.41) is 8.86. The molecule has 0 atom stereocenters. The lowest BCUT2D eigenvalue weighted by Crippen LogP contribution is -2.20. The first kappa shape index (κ1) is 12.0. The van der Waals surface area contributed by atoms with E-state index in [9.17, 15) is 9.18 Å². The fourth-order valence-corrected chi connectivity index (χ4v) is 1.32. The number of H-pyrrole nitrogens is 1. The third-order valence-corrected chi connectivity index (χ3v) is 2.21. The zero-order valence-electron chi connectivity index (χ0n) is 9.43. The summed E-state index contributed by atoms with van der Waals surface area (Å²) in [5.41, 5.74) is 0.368. The molecule has 0 aliphatic carbocycles. The zero-order chi connectivity index (χ0) is 12.8.